The van der Waals surface area contributed by atoms with Crippen molar-refractivity contribution in [2.24, 2.45) is 5.92 Å². The number of amides is 2. The number of piperidine rings is 1. The molecule has 0 bridgehead atoms. The van der Waals surface area contributed by atoms with Crippen molar-refractivity contribution in [3.05, 3.63) is 90.4 Å². The van der Waals surface area contributed by atoms with Crippen molar-refractivity contribution < 1.29 is 14.3 Å². The summed E-state index contributed by atoms with van der Waals surface area (Å²) in [5.41, 5.74) is 2.87. The highest BCUT2D eigenvalue weighted by Gasteiger charge is 2.32. The second kappa shape index (κ2) is 10.1. The molecule has 2 amide bonds. The van der Waals surface area contributed by atoms with Crippen LogP contribution in [0.1, 0.15) is 28.9 Å². The largest absolute Gasteiger partial charge is 0.497 e. The van der Waals surface area contributed by atoms with Crippen LogP contribution in [0.4, 0.5) is 5.69 Å². The number of ether oxygens (including phenoxy) is 1. The molecule has 3 heterocycles. The molecule has 1 aliphatic heterocycles. The molecule has 0 spiro atoms. The Hall–Kier alpha value is -4.33. The number of anilines is 1. The molecule has 0 saturated carbocycles. The highest BCUT2D eigenvalue weighted by atomic mass is 16.5. The van der Waals surface area contributed by atoms with E-state index in [1.807, 2.05) is 100 Å². The van der Waals surface area contributed by atoms with Crippen LogP contribution in [0, 0.1) is 12.8 Å². The van der Waals surface area contributed by atoms with E-state index < -0.39 is 0 Å². The molecule has 0 unspecified atom stereocenters. The van der Waals surface area contributed by atoms with Gasteiger partial charge in [-0.3, -0.25) is 9.59 Å². The Balaban J connectivity index is 1.32. The molecule has 5 rings (SSSR count). The first-order valence-corrected chi connectivity index (χ1v) is 12.1. The van der Waals surface area contributed by atoms with Crippen LogP contribution >= 0.6 is 0 Å². The van der Waals surface area contributed by atoms with Crippen LogP contribution in [0.3, 0.4) is 0 Å². The number of nitrogens with one attached hydrogen (secondary N) is 1. The van der Waals surface area contributed by atoms with E-state index >= 15 is 0 Å². The van der Waals surface area contributed by atoms with Crippen molar-refractivity contribution in [2.75, 3.05) is 25.5 Å². The first-order valence-electron chi connectivity index (χ1n) is 12.1. The molecule has 1 aliphatic rings. The zero-order chi connectivity index (χ0) is 25.1. The van der Waals surface area contributed by atoms with Gasteiger partial charge in [0.05, 0.1) is 18.5 Å². The maximum Gasteiger partial charge on any atom is 0.259 e. The molecule has 2 aromatic carbocycles. The summed E-state index contributed by atoms with van der Waals surface area (Å²) in [6, 6.07) is 20.9. The lowest BCUT2D eigenvalue weighted by Crippen LogP contribution is -2.41. The predicted molar refractivity (Wildman–Crippen MR) is 138 cm³/mol. The number of para-hydroxylation sites is 1. The Kier molecular flexibility index (Phi) is 6.58. The average molecular weight is 484 g/mol. The summed E-state index contributed by atoms with van der Waals surface area (Å²) in [5.74, 6) is 1.23. The van der Waals surface area contributed by atoms with Crippen molar-refractivity contribution in [2.45, 2.75) is 19.8 Å². The summed E-state index contributed by atoms with van der Waals surface area (Å²) in [7, 11) is 1.61. The number of hydrogen-bond donors (Lipinski definition) is 1. The molecular formula is C28H29N5O3. The van der Waals surface area contributed by atoms with Crippen molar-refractivity contribution in [1.29, 1.82) is 0 Å². The summed E-state index contributed by atoms with van der Waals surface area (Å²) in [6.45, 7) is 2.90. The van der Waals surface area contributed by atoms with Crippen LogP contribution in [0.5, 0.6) is 5.75 Å². The van der Waals surface area contributed by atoms with Crippen molar-refractivity contribution in [3.63, 3.8) is 0 Å². The summed E-state index contributed by atoms with van der Waals surface area (Å²) in [5, 5.41) is 7.71. The quantitative estimate of drug-likeness (QED) is 0.439. The Morgan fingerprint density at radius 1 is 0.944 bits per heavy atom. The molecule has 8 nitrogen and oxygen atoms in total. The number of nitrogens with zero attached hydrogens (tertiary/aromatic N) is 4. The zero-order valence-electron chi connectivity index (χ0n) is 20.4. The maximum atomic E-state index is 13.8. The smallest absolute Gasteiger partial charge is 0.259 e. The number of benzene rings is 2. The second-order valence-electron chi connectivity index (χ2n) is 8.91. The van der Waals surface area contributed by atoms with Gasteiger partial charge in [-0.25, -0.2) is 4.68 Å². The summed E-state index contributed by atoms with van der Waals surface area (Å²) in [6.07, 6.45) is 5.06. The van der Waals surface area contributed by atoms with E-state index in [4.69, 9.17) is 9.84 Å². The molecule has 1 N–H and O–H groups in total. The Bertz CT molecular complexity index is 1340. The number of hydrogen-bond acceptors (Lipinski definition) is 4. The van der Waals surface area contributed by atoms with Gasteiger partial charge in [-0.1, -0.05) is 18.2 Å². The van der Waals surface area contributed by atoms with Gasteiger partial charge in [-0.2, -0.15) is 5.10 Å². The van der Waals surface area contributed by atoms with Gasteiger partial charge in [-0.15, -0.1) is 0 Å². The zero-order valence-corrected chi connectivity index (χ0v) is 20.4. The van der Waals surface area contributed by atoms with E-state index in [0.29, 0.717) is 43.0 Å². The minimum Gasteiger partial charge on any atom is -0.497 e. The second-order valence-corrected chi connectivity index (χ2v) is 8.91. The number of carbonyl (C=O) groups is 2. The number of likely N-dealkylation sites (tertiary alicyclic amines) is 1. The lowest BCUT2D eigenvalue weighted by Gasteiger charge is -2.31. The molecule has 1 saturated heterocycles. The third-order valence-electron chi connectivity index (χ3n) is 6.61. The van der Waals surface area contributed by atoms with Crippen LogP contribution in [-0.2, 0) is 4.79 Å². The van der Waals surface area contributed by atoms with E-state index in [-0.39, 0.29) is 17.7 Å². The van der Waals surface area contributed by atoms with Gasteiger partial charge < -0.3 is 19.5 Å². The number of aromatic nitrogens is 3. The fourth-order valence-electron chi connectivity index (χ4n) is 4.65. The minimum atomic E-state index is -0.145. The van der Waals surface area contributed by atoms with Gasteiger partial charge in [0.15, 0.2) is 5.82 Å². The first-order chi connectivity index (χ1) is 17.5. The third-order valence-corrected chi connectivity index (χ3v) is 6.61. The van der Waals surface area contributed by atoms with E-state index in [0.717, 1.165) is 17.1 Å². The average Bonchev–Trinajstić information content (AvgIpc) is 3.57. The molecule has 4 aromatic rings. The molecule has 36 heavy (non-hydrogen) atoms. The molecule has 184 valence electrons. The Labute approximate surface area is 210 Å². The fourth-order valence-corrected chi connectivity index (χ4v) is 4.65. The normalized spacial score (nSPS) is 14.0. The number of methoxy groups -OCH3 is 1. The van der Waals surface area contributed by atoms with Gasteiger partial charge in [0.2, 0.25) is 5.91 Å². The highest BCUT2D eigenvalue weighted by Crippen LogP contribution is 2.27. The molecule has 2 aromatic heterocycles. The highest BCUT2D eigenvalue weighted by molar-refractivity contribution is 5.99. The first kappa shape index (κ1) is 23.4. The number of aryl methyl sites for hydroxylation is 1. The Morgan fingerprint density at radius 2 is 1.61 bits per heavy atom. The van der Waals surface area contributed by atoms with Crippen molar-refractivity contribution in [1.82, 2.24) is 19.2 Å². The van der Waals surface area contributed by atoms with Gasteiger partial charge in [0.25, 0.3) is 5.91 Å². The monoisotopic (exact) mass is 483 g/mol. The van der Waals surface area contributed by atoms with Crippen LogP contribution in [0.2, 0.25) is 0 Å². The standard InChI is InChI=1S/C28H29N5O3/c1-20-25(27(31-16-6-7-17-31)33(30-20)23-8-4-3-5-9-23)28(35)32-18-14-21(15-19-32)26(34)29-22-10-12-24(36-2)13-11-22/h3-13,16-17,21H,14-15,18-19H2,1-2H3,(H,29,34). The summed E-state index contributed by atoms with van der Waals surface area (Å²) < 4.78 is 8.91. The fraction of sp³-hybridized carbons (Fsp3) is 0.250. The van der Waals surface area contributed by atoms with Gasteiger partial charge >= 0.3 is 0 Å². The van der Waals surface area contributed by atoms with E-state index in [9.17, 15) is 9.59 Å². The van der Waals surface area contributed by atoms with Crippen molar-refractivity contribution >= 4 is 17.5 Å². The third kappa shape index (κ3) is 4.62. The predicted octanol–water partition coefficient (Wildman–Crippen LogP) is 4.47. The Morgan fingerprint density at radius 3 is 2.25 bits per heavy atom. The van der Waals surface area contributed by atoms with Gasteiger partial charge in [0, 0.05) is 37.1 Å². The number of rotatable bonds is 6. The van der Waals surface area contributed by atoms with Crippen LogP contribution < -0.4 is 10.1 Å². The molecule has 0 atom stereocenters. The maximum absolute atomic E-state index is 13.8. The summed E-state index contributed by atoms with van der Waals surface area (Å²) >= 11 is 0. The molecule has 8 heteroatoms. The van der Waals surface area contributed by atoms with Gasteiger partial charge in [-0.05, 0) is 68.3 Å². The molecule has 1 fully saturated rings. The molecule has 0 radical (unpaired) electrons. The molecular weight excluding hydrogens is 454 g/mol. The lowest BCUT2D eigenvalue weighted by molar-refractivity contribution is -0.121. The van der Waals surface area contributed by atoms with E-state index in [1.165, 1.54) is 0 Å². The SMILES string of the molecule is COc1ccc(NC(=O)C2CCN(C(=O)c3c(C)nn(-c4ccccc4)c3-n3cccc3)CC2)cc1. The van der Waals surface area contributed by atoms with Crippen LogP contribution in [-0.4, -0.2) is 51.3 Å². The van der Waals surface area contributed by atoms with Crippen molar-refractivity contribution in [3.8, 4) is 17.3 Å². The summed E-state index contributed by atoms with van der Waals surface area (Å²) in [4.78, 5) is 28.4. The van der Waals surface area contributed by atoms with E-state index in [1.54, 1.807) is 7.11 Å². The van der Waals surface area contributed by atoms with Gasteiger partial charge in [0.1, 0.15) is 11.3 Å². The van der Waals surface area contributed by atoms with Crippen LogP contribution in [0.15, 0.2) is 79.1 Å². The lowest BCUT2D eigenvalue weighted by atomic mass is 9.95. The van der Waals surface area contributed by atoms with E-state index in [2.05, 4.69) is 5.32 Å². The molecule has 0 aliphatic carbocycles. The minimum absolute atomic E-state index is 0.0200. The van der Waals surface area contributed by atoms with Crippen LogP contribution in [0.25, 0.3) is 11.5 Å². The number of carbonyl (C=O) groups excluding carboxylic acids is 2. The topological polar surface area (TPSA) is 81.4 Å².